The number of nitrogens with one attached hydrogen (secondary N) is 2. The molecule has 0 aliphatic rings. The molecule has 0 heterocycles. The van der Waals surface area contributed by atoms with E-state index in [1.165, 1.54) is 30.3 Å². The molecule has 126 valence electrons. The summed E-state index contributed by atoms with van der Waals surface area (Å²) in [7, 11) is 0. The lowest BCUT2D eigenvalue weighted by atomic mass is 10.3. The highest BCUT2D eigenvalue weighted by Crippen LogP contribution is 2.25. The highest BCUT2D eigenvalue weighted by molar-refractivity contribution is 6.00. The van der Waals surface area contributed by atoms with Crippen molar-refractivity contribution in [3.05, 3.63) is 58.6 Å². The average Bonchev–Trinajstić information content (AvgIpc) is 2.45. The fourth-order valence-electron chi connectivity index (χ4n) is 1.76. The fourth-order valence-corrected chi connectivity index (χ4v) is 1.76. The minimum absolute atomic E-state index is 0.0553. The maximum atomic E-state index is 12.1. The molecule has 7 nitrogen and oxygen atoms in total. The van der Waals surface area contributed by atoms with Gasteiger partial charge in [0.25, 0.3) is 5.69 Å². The second-order valence-corrected chi connectivity index (χ2v) is 4.46. The fraction of sp³-hybridized carbons (Fsp3) is 0.0714. The first-order chi connectivity index (χ1) is 11.2. The lowest BCUT2D eigenvalue weighted by Crippen LogP contribution is -2.20. The molecule has 2 aromatic carbocycles. The van der Waals surface area contributed by atoms with E-state index in [1.807, 2.05) is 0 Å². The number of halogens is 3. The van der Waals surface area contributed by atoms with E-state index in [0.29, 0.717) is 0 Å². The summed E-state index contributed by atoms with van der Waals surface area (Å²) in [5, 5.41) is 15.3. The van der Waals surface area contributed by atoms with Crippen molar-refractivity contribution in [2.24, 2.45) is 0 Å². The van der Waals surface area contributed by atoms with Crippen molar-refractivity contribution in [2.75, 3.05) is 10.6 Å². The van der Waals surface area contributed by atoms with Gasteiger partial charge >= 0.3 is 12.4 Å². The molecule has 0 bridgehead atoms. The van der Waals surface area contributed by atoms with Gasteiger partial charge in [0.15, 0.2) is 0 Å². The molecule has 24 heavy (non-hydrogen) atoms. The number of benzene rings is 2. The molecule has 0 radical (unpaired) electrons. The van der Waals surface area contributed by atoms with Gasteiger partial charge in [-0.2, -0.15) is 0 Å². The largest absolute Gasteiger partial charge is 0.573 e. The summed E-state index contributed by atoms with van der Waals surface area (Å²) in [4.78, 5) is 21.8. The van der Waals surface area contributed by atoms with Crippen LogP contribution >= 0.6 is 0 Å². The Labute approximate surface area is 133 Å². The number of amides is 2. The van der Waals surface area contributed by atoms with E-state index in [9.17, 15) is 28.1 Å². The molecule has 2 amide bonds. The second-order valence-electron chi connectivity index (χ2n) is 4.46. The smallest absolute Gasteiger partial charge is 0.406 e. The number of non-ortho nitro benzene ring substituents is 1. The Balaban J connectivity index is 2.03. The molecule has 0 saturated heterocycles. The van der Waals surface area contributed by atoms with Crippen molar-refractivity contribution in [2.45, 2.75) is 6.36 Å². The summed E-state index contributed by atoms with van der Waals surface area (Å²) in [6, 6.07) is 9.11. The zero-order valence-electron chi connectivity index (χ0n) is 11.8. The number of hydrogen-bond donors (Lipinski definition) is 2. The van der Waals surface area contributed by atoms with Gasteiger partial charge in [-0.05, 0) is 18.2 Å². The van der Waals surface area contributed by atoms with E-state index in [0.717, 1.165) is 18.2 Å². The van der Waals surface area contributed by atoms with E-state index in [2.05, 4.69) is 15.4 Å². The first kappa shape index (κ1) is 17.1. The van der Waals surface area contributed by atoms with E-state index in [-0.39, 0.29) is 17.1 Å². The number of nitrogens with zero attached hydrogens (tertiary/aromatic N) is 1. The van der Waals surface area contributed by atoms with E-state index in [1.54, 1.807) is 0 Å². The Morgan fingerprint density at radius 2 is 1.62 bits per heavy atom. The molecular weight excluding hydrogens is 331 g/mol. The number of ether oxygens (including phenoxy) is 1. The zero-order chi connectivity index (χ0) is 17.7. The lowest BCUT2D eigenvalue weighted by Gasteiger charge is -2.11. The van der Waals surface area contributed by atoms with Gasteiger partial charge in [-0.1, -0.05) is 12.1 Å². The third-order valence-electron chi connectivity index (χ3n) is 2.64. The summed E-state index contributed by atoms with van der Waals surface area (Å²) in [5.74, 6) is -0.490. The molecule has 0 aliphatic carbocycles. The van der Waals surface area contributed by atoms with Gasteiger partial charge in [-0.25, -0.2) is 4.79 Å². The van der Waals surface area contributed by atoms with Crippen LogP contribution in [0.3, 0.4) is 0 Å². The van der Waals surface area contributed by atoms with Gasteiger partial charge in [0, 0.05) is 29.6 Å². The highest BCUT2D eigenvalue weighted by Gasteiger charge is 2.31. The molecule has 2 rings (SSSR count). The summed E-state index contributed by atoms with van der Waals surface area (Å²) in [6.07, 6.45) is -4.84. The minimum atomic E-state index is -4.84. The van der Waals surface area contributed by atoms with E-state index in [4.69, 9.17) is 0 Å². The number of hydrogen-bond acceptors (Lipinski definition) is 4. The van der Waals surface area contributed by atoms with Crippen LogP contribution in [0.1, 0.15) is 0 Å². The number of anilines is 2. The summed E-state index contributed by atoms with van der Waals surface area (Å²) in [5.41, 5.74) is -0.00236. The molecule has 2 aromatic rings. The zero-order valence-corrected chi connectivity index (χ0v) is 11.8. The maximum Gasteiger partial charge on any atom is 0.573 e. The number of nitro benzene ring substituents is 1. The van der Waals surface area contributed by atoms with Crippen LogP contribution in [0, 0.1) is 10.1 Å². The number of rotatable bonds is 4. The van der Waals surface area contributed by atoms with Crippen molar-refractivity contribution in [1.29, 1.82) is 0 Å². The molecule has 0 aromatic heterocycles. The monoisotopic (exact) mass is 341 g/mol. The van der Waals surface area contributed by atoms with Crippen LogP contribution in [0.25, 0.3) is 0 Å². The first-order valence-electron chi connectivity index (χ1n) is 6.41. The predicted molar refractivity (Wildman–Crippen MR) is 78.9 cm³/mol. The summed E-state index contributed by atoms with van der Waals surface area (Å²) < 4.78 is 40.2. The minimum Gasteiger partial charge on any atom is -0.406 e. The van der Waals surface area contributed by atoms with Gasteiger partial charge in [0.1, 0.15) is 5.75 Å². The molecule has 0 fully saturated rings. The molecule has 0 saturated carbocycles. The Morgan fingerprint density at radius 3 is 2.21 bits per heavy atom. The van der Waals surface area contributed by atoms with Gasteiger partial charge in [-0.15, -0.1) is 13.2 Å². The van der Waals surface area contributed by atoms with Crippen LogP contribution in [0.4, 0.5) is 35.0 Å². The van der Waals surface area contributed by atoms with Crippen LogP contribution in [0.5, 0.6) is 5.75 Å². The average molecular weight is 341 g/mol. The number of urea groups is 1. The van der Waals surface area contributed by atoms with Crippen LogP contribution in [0.2, 0.25) is 0 Å². The van der Waals surface area contributed by atoms with Gasteiger partial charge in [0.05, 0.1) is 4.92 Å². The van der Waals surface area contributed by atoms with Crippen molar-refractivity contribution in [3.63, 3.8) is 0 Å². The SMILES string of the molecule is O=C(Nc1cccc(OC(F)(F)F)c1)Nc1cccc([N+](=O)[O-])c1. The van der Waals surface area contributed by atoms with E-state index < -0.39 is 23.1 Å². The molecular formula is C14H10F3N3O4. The molecule has 0 aliphatic heterocycles. The lowest BCUT2D eigenvalue weighted by molar-refractivity contribution is -0.384. The van der Waals surface area contributed by atoms with Crippen LogP contribution in [0.15, 0.2) is 48.5 Å². The van der Waals surface area contributed by atoms with Crippen molar-refractivity contribution < 1.29 is 27.6 Å². The third kappa shape index (κ3) is 5.16. The molecule has 0 atom stereocenters. The van der Waals surface area contributed by atoms with Crippen molar-refractivity contribution >= 4 is 23.1 Å². The molecule has 0 unspecified atom stereocenters. The van der Waals surface area contributed by atoms with Gasteiger partial charge < -0.3 is 15.4 Å². The van der Waals surface area contributed by atoms with Crippen LogP contribution in [-0.4, -0.2) is 17.3 Å². The van der Waals surface area contributed by atoms with Gasteiger partial charge in [0.2, 0.25) is 0 Å². The molecule has 0 spiro atoms. The number of alkyl halides is 3. The summed E-state index contributed by atoms with van der Waals surface area (Å²) in [6.45, 7) is 0. The predicted octanol–water partition coefficient (Wildman–Crippen LogP) is 4.14. The number of nitro groups is 1. The quantitative estimate of drug-likeness (QED) is 0.646. The Hall–Kier alpha value is -3.30. The summed E-state index contributed by atoms with van der Waals surface area (Å²) >= 11 is 0. The Bertz CT molecular complexity index is 765. The first-order valence-corrected chi connectivity index (χ1v) is 6.41. The molecule has 10 heteroatoms. The normalized spacial score (nSPS) is 10.8. The Morgan fingerprint density at radius 1 is 1.04 bits per heavy atom. The number of carbonyl (C=O) groups excluding carboxylic acids is 1. The van der Waals surface area contributed by atoms with Crippen LogP contribution < -0.4 is 15.4 Å². The Kier molecular flexibility index (Phi) is 4.87. The second kappa shape index (κ2) is 6.86. The van der Waals surface area contributed by atoms with Crippen molar-refractivity contribution in [3.8, 4) is 5.75 Å². The number of carbonyl (C=O) groups is 1. The van der Waals surface area contributed by atoms with Crippen molar-refractivity contribution in [1.82, 2.24) is 0 Å². The topological polar surface area (TPSA) is 93.5 Å². The highest BCUT2D eigenvalue weighted by atomic mass is 19.4. The maximum absolute atomic E-state index is 12.1. The molecule has 2 N–H and O–H groups in total. The van der Waals surface area contributed by atoms with Gasteiger partial charge in [-0.3, -0.25) is 10.1 Å². The van der Waals surface area contributed by atoms with E-state index >= 15 is 0 Å². The standard InChI is InChI=1S/C14H10F3N3O4/c15-14(16,17)24-12-6-2-4-10(8-12)19-13(21)18-9-3-1-5-11(7-9)20(22)23/h1-8H,(H2,18,19,21). The van der Waals surface area contributed by atoms with Crippen LogP contribution in [-0.2, 0) is 0 Å². The third-order valence-corrected chi connectivity index (χ3v) is 2.64.